The summed E-state index contributed by atoms with van der Waals surface area (Å²) in [6.45, 7) is 6.59. The molecule has 0 rings (SSSR count). The molecule has 0 heterocycles. The highest BCUT2D eigenvalue weighted by atomic mass is 19.1. The van der Waals surface area contributed by atoms with Gasteiger partial charge in [-0.1, -0.05) is 13.8 Å². The summed E-state index contributed by atoms with van der Waals surface area (Å²) in [5.74, 6) is 0. The fraction of sp³-hybridized carbons (Fsp3) is 1.00. The number of rotatable bonds is 7. The topological polar surface area (TPSA) is 24.1 Å². The first-order valence-corrected chi connectivity index (χ1v) is 4.35. The Morgan fingerprint density at radius 3 is 2.45 bits per heavy atom. The minimum absolute atomic E-state index is 0.233. The maximum Gasteiger partial charge on any atom is 0.0909 e. The van der Waals surface area contributed by atoms with Crippen LogP contribution >= 0.6 is 0 Å². The van der Waals surface area contributed by atoms with E-state index in [1.54, 1.807) is 0 Å². The quantitative estimate of drug-likeness (QED) is 0.582. The van der Waals surface area contributed by atoms with Gasteiger partial charge in [0.15, 0.2) is 0 Å². The Balaban J connectivity index is 3.34. The Kier molecular flexibility index (Phi) is 7.84. The van der Waals surface area contributed by atoms with E-state index in [1.807, 2.05) is 6.92 Å². The normalized spacial score (nSPS) is 13.4. The van der Waals surface area contributed by atoms with E-state index in [2.05, 4.69) is 17.6 Å². The second-order valence-corrected chi connectivity index (χ2v) is 2.54. The van der Waals surface area contributed by atoms with Crippen LogP contribution in [0.4, 0.5) is 4.39 Å². The number of nitrogens with one attached hydrogen (secondary N) is 2. The first kappa shape index (κ1) is 10.8. The molecule has 68 valence electrons. The lowest BCUT2D eigenvalue weighted by Crippen LogP contribution is -2.38. The van der Waals surface area contributed by atoms with Crippen molar-refractivity contribution in [1.29, 1.82) is 0 Å². The fourth-order valence-corrected chi connectivity index (χ4v) is 1.02. The summed E-state index contributed by atoms with van der Waals surface area (Å²) < 4.78 is 11.9. The maximum atomic E-state index is 11.9. The lowest BCUT2D eigenvalue weighted by Gasteiger charge is -2.15. The molecule has 0 aliphatic carbocycles. The molecule has 1 atom stereocenters. The molecule has 0 spiro atoms. The number of halogens is 1. The van der Waals surface area contributed by atoms with Crippen molar-refractivity contribution in [3.8, 4) is 0 Å². The van der Waals surface area contributed by atoms with Crippen molar-refractivity contribution in [2.75, 3.05) is 26.3 Å². The number of alkyl halides is 1. The molecule has 0 saturated heterocycles. The minimum atomic E-state index is -0.233. The van der Waals surface area contributed by atoms with Crippen LogP contribution in [0.1, 0.15) is 20.3 Å². The van der Waals surface area contributed by atoms with Crippen LogP contribution in [-0.2, 0) is 0 Å². The van der Waals surface area contributed by atoms with Crippen molar-refractivity contribution in [3.63, 3.8) is 0 Å². The van der Waals surface area contributed by atoms with Crippen molar-refractivity contribution in [3.05, 3.63) is 0 Å². The molecule has 0 aromatic rings. The average Bonchev–Trinajstić information content (AvgIpc) is 2.01. The number of likely N-dealkylation sites (N-methyl/N-ethyl adjacent to an activating group) is 2. The van der Waals surface area contributed by atoms with E-state index in [-0.39, 0.29) is 6.67 Å². The lowest BCUT2D eigenvalue weighted by atomic mass is 10.2. The van der Waals surface area contributed by atoms with E-state index < -0.39 is 0 Å². The number of hydrogen-bond donors (Lipinski definition) is 2. The number of hydrogen-bond acceptors (Lipinski definition) is 2. The Morgan fingerprint density at radius 1 is 1.27 bits per heavy atom. The van der Waals surface area contributed by atoms with Crippen LogP contribution in [0.25, 0.3) is 0 Å². The van der Waals surface area contributed by atoms with Crippen molar-refractivity contribution in [1.82, 2.24) is 10.6 Å². The van der Waals surface area contributed by atoms with Crippen LogP contribution in [0.15, 0.2) is 0 Å². The molecule has 0 fully saturated rings. The van der Waals surface area contributed by atoms with Crippen molar-refractivity contribution in [2.24, 2.45) is 0 Å². The van der Waals surface area contributed by atoms with Gasteiger partial charge in [0.05, 0.1) is 6.67 Å². The monoisotopic (exact) mass is 162 g/mol. The highest BCUT2D eigenvalue weighted by Gasteiger charge is 2.04. The second kappa shape index (κ2) is 7.95. The summed E-state index contributed by atoms with van der Waals surface area (Å²) in [5.41, 5.74) is 0. The average molecular weight is 162 g/mol. The first-order valence-electron chi connectivity index (χ1n) is 4.35. The standard InChI is InChI=1S/C8H19FN2/c1-3-10-7-8(5-6-9)11-4-2/h8,10-11H,3-7H2,1-2H3. The molecule has 0 aliphatic heterocycles. The zero-order chi connectivity index (χ0) is 8.53. The highest BCUT2D eigenvalue weighted by Crippen LogP contribution is 1.90. The molecule has 3 heteroatoms. The molecule has 0 aromatic heterocycles. The summed E-state index contributed by atoms with van der Waals surface area (Å²) in [7, 11) is 0. The second-order valence-electron chi connectivity index (χ2n) is 2.54. The van der Waals surface area contributed by atoms with E-state index in [9.17, 15) is 4.39 Å². The van der Waals surface area contributed by atoms with Gasteiger partial charge in [-0.3, -0.25) is 4.39 Å². The molecule has 0 bridgehead atoms. The summed E-state index contributed by atoms with van der Waals surface area (Å²) in [4.78, 5) is 0. The van der Waals surface area contributed by atoms with Crippen LogP contribution in [0, 0.1) is 0 Å². The predicted octanol–water partition coefficient (Wildman–Crippen LogP) is 0.934. The zero-order valence-corrected chi connectivity index (χ0v) is 7.49. The van der Waals surface area contributed by atoms with Crippen LogP contribution in [0.5, 0.6) is 0 Å². The molecule has 0 saturated carbocycles. The molecule has 0 aromatic carbocycles. The van der Waals surface area contributed by atoms with Gasteiger partial charge < -0.3 is 10.6 Å². The summed E-state index contributed by atoms with van der Waals surface area (Å²) in [5, 5.41) is 6.40. The lowest BCUT2D eigenvalue weighted by molar-refractivity contribution is 0.388. The third-order valence-electron chi connectivity index (χ3n) is 1.59. The van der Waals surface area contributed by atoms with E-state index >= 15 is 0 Å². The van der Waals surface area contributed by atoms with Crippen LogP contribution in [0.3, 0.4) is 0 Å². The Morgan fingerprint density at radius 2 is 2.00 bits per heavy atom. The summed E-state index contributed by atoms with van der Waals surface area (Å²) in [6, 6.07) is 0.296. The first-order chi connectivity index (χ1) is 5.35. The predicted molar refractivity (Wildman–Crippen MR) is 46.6 cm³/mol. The van der Waals surface area contributed by atoms with Gasteiger partial charge in [0.25, 0.3) is 0 Å². The van der Waals surface area contributed by atoms with Crippen molar-refractivity contribution < 1.29 is 4.39 Å². The Bertz CT molecular complexity index is 72.5. The molecule has 2 nitrogen and oxygen atoms in total. The smallest absolute Gasteiger partial charge is 0.0909 e. The minimum Gasteiger partial charge on any atom is -0.315 e. The SMILES string of the molecule is CCNCC(CCF)NCC. The third-order valence-corrected chi connectivity index (χ3v) is 1.59. The molecular weight excluding hydrogens is 143 g/mol. The molecule has 0 amide bonds. The molecule has 1 unspecified atom stereocenters. The van der Waals surface area contributed by atoms with Crippen LogP contribution in [-0.4, -0.2) is 32.4 Å². The largest absolute Gasteiger partial charge is 0.315 e. The molecule has 2 N–H and O–H groups in total. The Labute approximate surface area is 68.6 Å². The molecular formula is C8H19FN2. The Hall–Kier alpha value is -0.150. The van der Waals surface area contributed by atoms with Gasteiger partial charge in [0, 0.05) is 12.6 Å². The summed E-state index contributed by atoms with van der Waals surface area (Å²) >= 11 is 0. The van der Waals surface area contributed by atoms with E-state index in [4.69, 9.17) is 0 Å². The summed E-state index contributed by atoms with van der Waals surface area (Å²) in [6.07, 6.45) is 0.612. The van der Waals surface area contributed by atoms with Gasteiger partial charge in [-0.15, -0.1) is 0 Å². The van der Waals surface area contributed by atoms with Crippen molar-refractivity contribution >= 4 is 0 Å². The van der Waals surface area contributed by atoms with Crippen LogP contribution in [0.2, 0.25) is 0 Å². The third kappa shape index (κ3) is 6.26. The zero-order valence-electron chi connectivity index (χ0n) is 7.49. The van der Waals surface area contributed by atoms with Crippen LogP contribution < -0.4 is 10.6 Å². The molecule has 0 aliphatic rings. The van der Waals surface area contributed by atoms with Gasteiger partial charge >= 0.3 is 0 Å². The maximum absolute atomic E-state index is 11.9. The van der Waals surface area contributed by atoms with E-state index in [0.717, 1.165) is 19.6 Å². The van der Waals surface area contributed by atoms with E-state index in [0.29, 0.717) is 12.5 Å². The fourth-order valence-electron chi connectivity index (χ4n) is 1.02. The van der Waals surface area contributed by atoms with Gasteiger partial charge in [0.2, 0.25) is 0 Å². The van der Waals surface area contributed by atoms with E-state index in [1.165, 1.54) is 0 Å². The molecule has 0 radical (unpaired) electrons. The van der Waals surface area contributed by atoms with Gasteiger partial charge in [-0.05, 0) is 19.5 Å². The van der Waals surface area contributed by atoms with Gasteiger partial charge in [-0.25, -0.2) is 0 Å². The highest BCUT2D eigenvalue weighted by molar-refractivity contribution is 4.67. The van der Waals surface area contributed by atoms with Gasteiger partial charge in [-0.2, -0.15) is 0 Å². The van der Waals surface area contributed by atoms with Crippen molar-refractivity contribution in [2.45, 2.75) is 26.3 Å². The molecule has 11 heavy (non-hydrogen) atoms. The van der Waals surface area contributed by atoms with Gasteiger partial charge in [0.1, 0.15) is 0 Å².